The highest BCUT2D eigenvalue weighted by molar-refractivity contribution is 9.10. The van der Waals surface area contributed by atoms with Crippen LogP contribution in [0.1, 0.15) is 18.1 Å². The van der Waals surface area contributed by atoms with Crippen LogP contribution in [0.25, 0.3) is 0 Å². The fraction of sp³-hybridized carbons (Fsp3) is 0.167. The molecule has 34 heavy (non-hydrogen) atoms. The Hall–Kier alpha value is -2.26. The number of benzene rings is 3. The summed E-state index contributed by atoms with van der Waals surface area (Å²) in [4.78, 5) is 12.1. The normalized spacial score (nSPS) is 10.9. The van der Waals surface area contributed by atoms with Crippen molar-refractivity contribution < 1.29 is 14.3 Å². The summed E-state index contributed by atoms with van der Waals surface area (Å²) in [7, 11) is 0. The number of hydrogen-bond acceptors (Lipinski definition) is 5. The molecule has 0 spiro atoms. The van der Waals surface area contributed by atoms with Crippen molar-refractivity contribution in [1.29, 1.82) is 0 Å². The number of hydrazone groups is 1. The van der Waals surface area contributed by atoms with E-state index in [0.29, 0.717) is 38.2 Å². The first-order valence-electron chi connectivity index (χ1n) is 10.2. The lowest BCUT2D eigenvalue weighted by molar-refractivity contribution is -0.119. The van der Waals surface area contributed by atoms with Crippen LogP contribution in [0, 0.1) is 0 Å². The van der Waals surface area contributed by atoms with Crippen LogP contribution in [0.15, 0.2) is 68.6 Å². The van der Waals surface area contributed by atoms with E-state index in [-0.39, 0.29) is 19.1 Å². The summed E-state index contributed by atoms with van der Waals surface area (Å²) in [5.41, 5.74) is 4.85. The van der Waals surface area contributed by atoms with E-state index >= 15 is 0 Å². The minimum absolute atomic E-state index is 0.0902. The van der Waals surface area contributed by atoms with Crippen molar-refractivity contribution in [2.45, 2.75) is 13.5 Å². The molecular weight excluding hydrogens is 609 g/mol. The predicted molar refractivity (Wildman–Crippen MR) is 144 cm³/mol. The molecule has 0 fully saturated rings. The summed E-state index contributed by atoms with van der Waals surface area (Å²) in [5, 5.41) is 8.15. The smallest absolute Gasteiger partial charge is 0.259 e. The van der Waals surface area contributed by atoms with Crippen LogP contribution >= 0.6 is 55.1 Å². The zero-order valence-corrected chi connectivity index (χ0v) is 22.8. The molecule has 10 heteroatoms. The highest BCUT2D eigenvalue weighted by Gasteiger charge is 2.13. The number of carbonyl (C=O) groups is 1. The second kappa shape index (κ2) is 13.0. The molecule has 2 N–H and O–H groups in total. The molecule has 0 bridgehead atoms. The molecule has 0 radical (unpaired) electrons. The number of hydrogen-bond donors (Lipinski definition) is 2. The van der Waals surface area contributed by atoms with Gasteiger partial charge in [-0.2, -0.15) is 5.10 Å². The van der Waals surface area contributed by atoms with Gasteiger partial charge in [-0.15, -0.1) is 0 Å². The van der Waals surface area contributed by atoms with Crippen LogP contribution in [0.5, 0.6) is 11.5 Å². The molecule has 0 unspecified atom stereocenters. The monoisotopic (exact) mass is 627 g/mol. The number of rotatable bonds is 10. The quantitative estimate of drug-likeness (QED) is 0.186. The van der Waals surface area contributed by atoms with Gasteiger partial charge >= 0.3 is 0 Å². The predicted octanol–water partition coefficient (Wildman–Crippen LogP) is 7.06. The molecule has 3 aromatic carbocycles. The molecule has 0 saturated heterocycles. The molecule has 178 valence electrons. The molecule has 3 rings (SSSR count). The molecule has 3 aromatic rings. The van der Waals surface area contributed by atoms with E-state index in [1.165, 1.54) is 6.21 Å². The highest BCUT2D eigenvalue weighted by atomic mass is 79.9. The largest absolute Gasteiger partial charge is 0.490 e. The van der Waals surface area contributed by atoms with Gasteiger partial charge in [-0.05, 0) is 76.9 Å². The fourth-order valence-electron chi connectivity index (χ4n) is 2.82. The molecule has 0 heterocycles. The molecule has 0 saturated carbocycles. The van der Waals surface area contributed by atoms with E-state index in [2.05, 4.69) is 47.7 Å². The fourth-order valence-corrected chi connectivity index (χ4v) is 4.12. The second-order valence-electron chi connectivity index (χ2n) is 6.94. The number of anilines is 1. The van der Waals surface area contributed by atoms with Crippen LogP contribution in [0.2, 0.25) is 10.0 Å². The first kappa shape index (κ1) is 26.3. The molecule has 0 atom stereocenters. The lowest BCUT2D eigenvalue weighted by Gasteiger charge is -2.15. The number of ether oxygens (including phenoxy) is 2. The van der Waals surface area contributed by atoms with Gasteiger partial charge in [0.25, 0.3) is 5.91 Å². The Morgan fingerprint density at radius 3 is 2.53 bits per heavy atom. The Labute approximate surface area is 224 Å². The lowest BCUT2D eigenvalue weighted by Crippen LogP contribution is -2.25. The zero-order chi connectivity index (χ0) is 24.5. The van der Waals surface area contributed by atoms with Gasteiger partial charge in [0.05, 0.1) is 23.8 Å². The molecule has 0 aromatic heterocycles. The summed E-state index contributed by atoms with van der Waals surface area (Å²) in [5.74, 6) is 0.794. The minimum atomic E-state index is -0.275. The van der Waals surface area contributed by atoms with Crippen molar-refractivity contribution in [2.24, 2.45) is 5.10 Å². The van der Waals surface area contributed by atoms with E-state index in [1.807, 2.05) is 43.3 Å². The third-order valence-electron chi connectivity index (χ3n) is 4.42. The summed E-state index contributed by atoms with van der Waals surface area (Å²) >= 11 is 19.1. The van der Waals surface area contributed by atoms with Gasteiger partial charge in [-0.3, -0.25) is 4.79 Å². The molecule has 0 aliphatic carbocycles. The van der Waals surface area contributed by atoms with Gasteiger partial charge in [0.1, 0.15) is 6.61 Å². The van der Waals surface area contributed by atoms with Crippen molar-refractivity contribution >= 4 is 72.9 Å². The van der Waals surface area contributed by atoms with E-state index in [1.54, 1.807) is 18.2 Å². The zero-order valence-electron chi connectivity index (χ0n) is 18.1. The van der Waals surface area contributed by atoms with Gasteiger partial charge in [0.15, 0.2) is 11.5 Å². The molecular formula is C24H21Br2Cl2N3O3. The van der Waals surface area contributed by atoms with Crippen LogP contribution in [0.4, 0.5) is 5.69 Å². The van der Waals surface area contributed by atoms with E-state index in [0.717, 1.165) is 15.7 Å². The molecule has 1 amide bonds. The average Bonchev–Trinajstić information content (AvgIpc) is 2.79. The third-order valence-corrected chi connectivity index (χ3v) is 6.12. The minimum Gasteiger partial charge on any atom is -0.490 e. The van der Waals surface area contributed by atoms with E-state index in [4.69, 9.17) is 32.7 Å². The highest BCUT2D eigenvalue weighted by Crippen LogP contribution is 2.37. The maximum Gasteiger partial charge on any atom is 0.259 e. The number of amides is 1. The van der Waals surface area contributed by atoms with Crippen LogP contribution < -0.4 is 20.2 Å². The van der Waals surface area contributed by atoms with Crippen molar-refractivity contribution in [3.8, 4) is 11.5 Å². The van der Waals surface area contributed by atoms with Crippen LogP contribution in [-0.4, -0.2) is 25.3 Å². The SMILES string of the molecule is CCOc1cc(/C=N\NC(=O)CNc2ccc(Br)cc2)cc(Br)c1OCc1ccc(Cl)cc1Cl. The number of nitrogens with zero attached hydrogens (tertiary/aromatic N) is 1. The Kier molecular flexibility index (Phi) is 10.1. The van der Waals surface area contributed by atoms with Crippen molar-refractivity contribution in [3.63, 3.8) is 0 Å². The third kappa shape index (κ3) is 7.91. The van der Waals surface area contributed by atoms with Crippen molar-refractivity contribution in [1.82, 2.24) is 5.43 Å². The van der Waals surface area contributed by atoms with Crippen molar-refractivity contribution in [3.05, 3.63) is 84.7 Å². The first-order chi connectivity index (χ1) is 16.4. The van der Waals surface area contributed by atoms with E-state index < -0.39 is 0 Å². The lowest BCUT2D eigenvalue weighted by atomic mass is 10.2. The summed E-state index contributed by atoms with van der Waals surface area (Å²) in [6.45, 7) is 2.66. The van der Waals surface area contributed by atoms with Crippen LogP contribution in [-0.2, 0) is 11.4 Å². The van der Waals surface area contributed by atoms with Crippen LogP contribution in [0.3, 0.4) is 0 Å². The van der Waals surface area contributed by atoms with E-state index in [9.17, 15) is 4.79 Å². The maximum atomic E-state index is 12.1. The topological polar surface area (TPSA) is 72.0 Å². The second-order valence-corrected chi connectivity index (χ2v) is 9.55. The molecule has 6 nitrogen and oxygen atoms in total. The maximum absolute atomic E-state index is 12.1. The van der Waals surface area contributed by atoms with Gasteiger partial charge in [-0.1, -0.05) is 45.2 Å². The first-order valence-corrected chi connectivity index (χ1v) is 12.5. The molecule has 0 aliphatic rings. The Bertz CT molecular complexity index is 1170. The van der Waals surface area contributed by atoms with Crippen molar-refractivity contribution in [2.75, 3.05) is 18.5 Å². The van der Waals surface area contributed by atoms with Gasteiger partial charge < -0.3 is 14.8 Å². The average molecular weight is 630 g/mol. The van der Waals surface area contributed by atoms with Gasteiger partial charge in [0.2, 0.25) is 0 Å². The Morgan fingerprint density at radius 1 is 1.06 bits per heavy atom. The standard InChI is InChI=1S/C24H21Br2Cl2N3O3/c1-2-33-22-10-15(12-30-31-23(32)13-29-19-7-4-17(25)5-8-19)9-20(26)24(22)34-14-16-3-6-18(27)11-21(16)28/h3-12,29H,2,13-14H2,1H3,(H,31,32)/b30-12-. The van der Waals surface area contributed by atoms with Gasteiger partial charge in [0, 0.05) is 25.8 Å². The summed E-state index contributed by atoms with van der Waals surface area (Å²) < 4.78 is 13.4. The van der Waals surface area contributed by atoms with Gasteiger partial charge in [-0.25, -0.2) is 5.43 Å². The number of carbonyl (C=O) groups excluding carboxylic acids is 1. The summed E-state index contributed by atoms with van der Waals surface area (Å²) in [6.07, 6.45) is 1.53. The summed E-state index contributed by atoms with van der Waals surface area (Å²) in [6, 6.07) is 16.4. The number of nitrogens with one attached hydrogen (secondary N) is 2. The molecule has 0 aliphatic heterocycles. The Morgan fingerprint density at radius 2 is 1.82 bits per heavy atom. The number of halogens is 4. The Balaban J connectivity index is 1.62.